The maximum atomic E-state index is 12.5. The summed E-state index contributed by atoms with van der Waals surface area (Å²) in [4.78, 5) is 13.8. The number of hydrogen-bond donors (Lipinski definition) is 1. The zero-order valence-electron chi connectivity index (χ0n) is 13.0. The van der Waals surface area contributed by atoms with E-state index < -0.39 is 18.0 Å². The molecule has 6 nitrogen and oxygen atoms in total. The third kappa shape index (κ3) is 4.24. The molecular weight excluding hydrogens is 329 g/mol. The molecule has 9 heteroatoms. The maximum absolute atomic E-state index is 12.5. The summed E-state index contributed by atoms with van der Waals surface area (Å²) < 4.78 is 47.3. The second kappa shape index (κ2) is 6.90. The summed E-state index contributed by atoms with van der Waals surface area (Å²) in [6, 6.07) is 3.18. The van der Waals surface area contributed by atoms with Crippen LogP contribution < -0.4 is 4.74 Å². The number of aliphatic carboxylic acids is 1. The van der Waals surface area contributed by atoms with Gasteiger partial charge < -0.3 is 14.4 Å². The number of rotatable bonds is 6. The summed E-state index contributed by atoms with van der Waals surface area (Å²) >= 11 is 0. The molecule has 0 spiro atoms. The van der Waals surface area contributed by atoms with E-state index in [9.17, 15) is 18.0 Å². The largest absolute Gasteiger partial charge is 0.493 e. The van der Waals surface area contributed by atoms with Crippen molar-refractivity contribution in [2.45, 2.75) is 32.9 Å². The molecule has 0 aliphatic heterocycles. The highest BCUT2D eigenvalue weighted by Crippen LogP contribution is 2.32. The maximum Gasteiger partial charge on any atom is 0.471 e. The summed E-state index contributed by atoms with van der Waals surface area (Å²) in [5.74, 6) is -1.91. The van der Waals surface area contributed by atoms with Crippen LogP contribution in [-0.4, -0.2) is 27.8 Å². The van der Waals surface area contributed by atoms with Gasteiger partial charge in [-0.05, 0) is 43.5 Å². The van der Waals surface area contributed by atoms with E-state index in [1.165, 1.54) is 0 Å². The number of nitrogens with zero attached hydrogens (tertiary/aromatic N) is 2. The minimum atomic E-state index is -4.69. The Morgan fingerprint density at radius 3 is 2.42 bits per heavy atom. The molecule has 0 saturated carbocycles. The standard InChI is InChI=1S/C15H15F3N2O4/c1-8-6-10(13-19-14(24-20-13)15(16,17)18)7-9(2)12(8)23-5-3-4-11(21)22/h6-7H,3-5H2,1-2H3,(H,21,22). The Morgan fingerprint density at radius 2 is 1.92 bits per heavy atom. The van der Waals surface area contributed by atoms with Crippen LogP contribution in [0.4, 0.5) is 13.2 Å². The van der Waals surface area contributed by atoms with Crippen molar-refractivity contribution in [1.82, 2.24) is 10.1 Å². The van der Waals surface area contributed by atoms with Gasteiger partial charge in [0.2, 0.25) is 5.82 Å². The van der Waals surface area contributed by atoms with Crippen molar-refractivity contribution in [3.8, 4) is 17.1 Å². The highest BCUT2D eigenvalue weighted by molar-refractivity contribution is 5.66. The Balaban J connectivity index is 2.17. The van der Waals surface area contributed by atoms with Crippen LogP contribution in [0.25, 0.3) is 11.4 Å². The average Bonchev–Trinajstić information content (AvgIpc) is 2.95. The van der Waals surface area contributed by atoms with Gasteiger partial charge in [0.15, 0.2) is 0 Å². The van der Waals surface area contributed by atoms with Gasteiger partial charge in [0, 0.05) is 12.0 Å². The van der Waals surface area contributed by atoms with Gasteiger partial charge in [-0.3, -0.25) is 4.79 Å². The molecule has 24 heavy (non-hydrogen) atoms. The highest BCUT2D eigenvalue weighted by Gasteiger charge is 2.38. The SMILES string of the molecule is Cc1cc(-c2noc(C(F)(F)F)n2)cc(C)c1OCCCC(=O)O. The Morgan fingerprint density at radius 1 is 1.29 bits per heavy atom. The predicted molar refractivity (Wildman–Crippen MR) is 76.6 cm³/mol. The van der Waals surface area contributed by atoms with E-state index in [2.05, 4.69) is 14.7 Å². The van der Waals surface area contributed by atoms with E-state index >= 15 is 0 Å². The molecule has 130 valence electrons. The molecule has 0 aliphatic carbocycles. The van der Waals surface area contributed by atoms with Gasteiger partial charge in [0.25, 0.3) is 0 Å². The number of halogens is 3. The molecule has 1 aromatic heterocycles. The Kier molecular flexibility index (Phi) is 5.10. The molecule has 0 atom stereocenters. The lowest BCUT2D eigenvalue weighted by molar-refractivity contribution is -0.159. The molecule has 2 rings (SSSR count). The molecule has 0 unspecified atom stereocenters. The van der Waals surface area contributed by atoms with Gasteiger partial charge in [-0.1, -0.05) is 5.16 Å². The fraction of sp³-hybridized carbons (Fsp3) is 0.400. The smallest absolute Gasteiger partial charge is 0.471 e. The zero-order valence-corrected chi connectivity index (χ0v) is 13.0. The van der Waals surface area contributed by atoms with Crippen molar-refractivity contribution < 1.29 is 32.3 Å². The van der Waals surface area contributed by atoms with E-state index in [-0.39, 0.29) is 18.9 Å². The molecule has 1 heterocycles. The van der Waals surface area contributed by atoms with Gasteiger partial charge in [0.1, 0.15) is 5.75 Å². The molecule has 0 radical (unpaired) electrons. The van der Waals surface area contributed by atoms with Crippen LogP contribution in [0.15, 0.2) is 16.7 Å². The van der Waals surface area contributed by atoms with Crippen LogP contribution in [0.1, 0.15) is 29.9 Å². The van der Waals surface area contributed by atoms with Gasteiger partial charge >= 0.3 is 18.0 Å². The highest BCUT2D eigenvalue weighted by atomic mass is 19.4. The van der Waals surface area contributed by atoms with E-state index in [0.717, 1.165) is 0 Å². The number of aryl methyl sites for hydroxylation is 2. The van der Waals surface area contributed by atoms with Crippen LogP contribution in [0.3, 0.4) is 0 Å². The molecule has 0 bridgehead atoms. The number of carbonyl (C=O) groups is 1. The number of aromatic nitrogens is 2. The summed E-state index contributed by atoms with van der Waals surface area (Å²) in [6.45, 7) is 3.69. The lowest BCUT2D eigenvalue weighted by atomic mass is 10.1. The summed E-state index contributed by atoms with van der Waals surface area (Å²) in [7, 11) is 0. The van der Waals surface area contributed by atoms with E-state index in [4.69, 9.17) is 9.84 Å². The number of ether oxygens (including phenoxy) is 1. The fourth-order valence-corrected chi connectivity index (χ4v) is 2.16. The molecule has 1 N–H and O–H groups in total. The molecule has 0 amide bonds. The van der Waals surface area contributed by atoms with Gasteiger partial charge in [0.05, 0.1) is 6.61 Å². The summed E-state index contributed by atoms with van der Waals surface area (Å²) in [5, 5.41) is 11.9. The Bertz CT molecular complexity index is 718. The minimum absolute atomic E-state index is 0.000737. The first-order chi connectivity index (χ1) is 11.2. The van der Waals surface area contributed by atoms with Crippen LogP contribution in [0, 0.1) is 13.8 Å². The Labute approximate surface area is 135 Å². The molecule has 2 aromatic rings. The lowest BCUT2D eigenvalue weighted by Gasteiger charge is -2.12. The monoisotopic (exact) mass is 344 g/mol. The van der Waals surface area contributed by atoms with Gasteiger partial charge in [-0.2, -0.15) is 18.2 Å². The first kappa shape index (κ1) is 17.8. The van der Waals surface area contributed by atoms with Gasteiger partial charge in [-0.25, -0.2) is 0 Å². The zero-order chi connectivity index (χ0) is 17.9. The average molecular weight is 344 g/mol. The number of alkyl halides is 3. The third-order valence-electron chi connectivity index (χ3n) is 3.17. The van der Waals surface area contributed by atoms with E-state index in [1.54, 1.807) is 26.0 Å². The molecule has 0 aliphatic rings. The second-order valence-corrected chi connectivity index (χ2v) is 5.21. The van der Waals surface area contributed by atoms with E-state index in [1.807, 2.05) is 0 Å². The summed E-state index contributed by atoms with van der Waals surface area (Å²) in [5.41, 5.74) is 1.74. The van der Waals surface area contributed by atoms with Gasteiger partial charge in [-0.15, -0.1) is 0 Å². The first-order valence-electron chi connectivity index (χ1n) is 7.05. The Hall–Kier alpha value is -2.58. The van der Waals surface area contributed by atoms with Crippen LogP contribution >= 0.6 is 0 Å². The number of hydrogen-bond acceptors (Lipinski definition) is 5. The molecule has 0 fully saturated rings. The van der Waals surface area contributed by atoms with Crippen molar-refractivity contribution in [3.05, 3.63) is 29.2 Å². The number of benzene rings is 1. The van der Waals surface area contributed by atoms with Crippen LogP contribution in [0.2, 0.25) is 0 Å². The fourth-order valence-electron chi connectivity index (χ4n) is 2.16. The van der Waals surface area contributed by atoms with Crippen molar-refractivity contribution in [3.63, 3.8) is 0 Å². The molecular formula is C15H15F3N2O4. The number of carboxylic acids is 1. The van der Waals surface area contributed by atoms with E-state index in [0.29, 0.717) is 28.9 Å². The first-order valence-corrected chi connectivity index (χ1v) is 7.05. The number of carboxylic acid groups (broad SMARTS) is 1. The third-order valence-corrected chi connectivity index (χ3v) is 3.17. The topological polar surface area (TPSA) is 85.5 Å². The summed E-state index contributed by atoms with van der Waals surface area (Å²) in [6.07, 6.45) is -4.34. The quantitative estimate of drug-likeness (QED) is 0.806. The van der Waals surface area contributed by atoms with Crippen molar-refractivity contribution in [1.29, 1.82) is 0 Å². The van der Waals surface area contributed by atoms with Crippen molar-refractivity contribution >= 4 is 5.97 Å². The van der Waals surface area contributed by atoms with Crippen LogP contribution in [-0.2, 0) is 11.0 Å². The second-order valence-electron chi connectivity index (χ2n) is 5.21. The normalized spacial score (nSPS) is 11.5. The molecule has 1 aromatic carbocycles. The lowest BCUT2D eigenvalue weighted by Crippen LogP contribution is -2.05. The molecule has 0 saturated heterocycles. The van der Waals surface area contributed by atoms with Crippen molar-refractivity contribution in [2.75, 3.05) is 6.61 Å². The van der Waals surface area contributed by atoms with Crippen LogP contribution in [0.5, 0.6) is 5.75 Å². The minimum Gasteiger partial charge on any atom is -0.493 e. The van der Waals surface area contributed by atoms with Crippen molar-refractivity contribution in [2.24, 2.45) is 0 Å². The predicted octanol–water partition coefficient (Wildman–Crippen LogP) is 3.62.